The Kier molecular flexibility index (Phi) is 6.78. The number of hydrogen-bond donors (Lipinski definition) is 2. The number of carbonyl (C=O) groups is 1. The highest BCUT2D eigenvalue weighted by Gasteiger charge is 2.28. The lowest BCUT2D eigenvalue weighted by Gasteiger charge is -2.39. The molecule has 2 saturated heterocycles. The van der Waals surface area contributed by atoms with Gasteiger partial charge in [-0.05, 0) is 77.3 Å². The number of hydrogen-bond acceptors (Lipinski definition) is 3. The molecule has 3 fully saturated rings. The van der Waals surface area contributed by atoms with Crippen LogP contribution in [-0.4, -0.2) is 55.4 Å². The van der Waals surface area contributed by atoms with Gasteiger partial charge in [0.1, 0.15) is 0 Å². The summed E-state index contributed by atoms with van der Waals surface area (Å²) in [5.74, 6) is 0.555. The highest BCUT2D eigenvalue weighted by Crippen LogP contribution is 2.25. The first kappa shape index (κ1) is 18.0. The number of likely N-dealkylation sites (tertiary alicyclic amines) is 1. The molecule has 2 aliphatic heterocycles. The monoisotopic (exact) mass is 337 g/mol. The molecule has 2 N–H and O–H groups in total. The fourth-order valence-corrected chi connectivity index (χ4v) is 4.64. The molecule has 3 aliphatic rings. The minimum atomic E-state index is 0.0235. The molecule has 0 unspecified atom stereocenters. The number of rotatable bonds is 4. The minimum Gasteiger partial charge on any atom is -0.381 e. The molecule has 5 heteroatoms. The Balaban J connectivity index is 1.35. The van der Waals surface area contributed by atoms with Gasteiger partial charge in [-0.15, -0.1) is 0 Å². The SMILES string of the molecule is C[C@H](NC(=O)NC1CCC(N2CCCCC2)CC1)C1CCOCC1. The first-order valence-corrected chi connectivity index (χ1v) is 10.1. The van der Waals surface area contributed by atoms with Gasteiger partial charge in [0, 0.05) is 31.3 Å². The van der Waals surface area contributed by atoms with Crippen LogP contribution in [0.25, 0.3) is 0 Å². The van der Waals surface area contributed by atoms with E-state index in [1.807, 2.05) is 0 Å². The van der Waals surface area contributed by atoms with Crippen molar-refractivity contribution in [3.63, 3.8) is 0 Å². The normalized spacial score (nSPS) is 31.4. The maximum Gasteiger partial charge on any atom is 0.315 e. The van der Waals surface area contributed by atoms with Crippen LogP contribution in [-0.2, 0) is 4.74 Å². The summed E-state index contributed by atoms with van der Waals surface area (Å²) < 4.78 is 5.40. The Bertz CT molecular complexity index is 384. The zero-order valence-electron chi connectivity index (χ0n) is 15.3. The van der Waals surface area contributed by atoms with E-state index in [9.17, 15) is 4.79 Å². The van der Waals surface area contributed by atoms with Crippen LogP contribution < -0.4 is 10.6 Å². The van der Waals surface area contributed by atoms with Crippen molar-refractivity contribution in [2.75, 3.05) is 26.3 Å². The van der Waals surface area contributed by atoms with E-state index in [0.717, 1.165) is 44.9 Å². The third-order valence-corrected chi connectivity index (χ3v) is 6.27. The Morgan fingerprint density at radius 3 is 2.33 bits per heavy atom. The predicted molar refractivity (Wildman–Crippen MR) is 96.1 cm³/mol. The van der Waals surface area contributed by atoms with Crippen molar-refractivity contribution in [2.45, 2.75) is 82.8 Å². The fourth-order valence-electron chi connectivity index (χ4n) is 4.64. The van der Waals surface area contributed by atoms with E-state index in [1.165, 1.54) is 45.2 Å². The average Bonchev–Trinajstić information content (AvgIpc) is 2.64. The van der Waals surface area contributed by atoms with Crippen LogP contribution in [0.3, 0.4) is 0 Å². The molecule has 0 aromatic heterocycles. The summed E-state index contributed by atoms with van der Waals surface area (Å²) in [6.45, 7) is 6.36. The topological polar surface area (TPSA) is 53.6 Å². The molecule has 0 radical (unpaired) electrons. The van der Waals surface area contributed by atoms with Crippen LogP contribution in [0.1, 0.15) is 64.7 Å². The summed E-state index contributed by atoms with van der Waals surface area (Å²) in [5, 5.41) is 6.37. The van der Waals surface area contributed by atoms with Gasteiger partial charge in [0.25, 0.3) is 0 Å². The largest absolute Gasteiger partial charge is 0.381 e. The number of nitrogens with zero attached hydrogens (tertiary/aromatic N) is 1. The van der Waals surface area contributed by atoms with E-state index >= 15 is 0 Å². The highest BCUT2D eigenvalue weighted by molar-refractivity contribution is 5.74. The predicted octanol–water partition coefficient (Wildman–Crippen LogP) is 2.90. The van der Waals surface area contributed by atoms with Gasteiger partial charge in [0.15, 0.2) is 0 Å². The second-order valence-corrected chi connectivity index (χ2v) is 7.96. The van der Waals surface area contributed by atoms with E-state index < -0.39 is 0 Å². The second-order valence-electron chi connectivity index (χ2n) is 7.96. The summed E-state index contributed by atoms with van der Waals surface area (Å²) in [6, 6.07) is 1.37. The lowest BCUT2D eigenvalue weighted by atomic mass is 9.89. The van der Waals surface area contributed by atoms with Crippen molar-refractivity contribution in [1.82, 2.24) is 15.5 Å². The molecule has 3 rings (SSSR count). The van der Waals surface area contributed by atoms with Gasteiger partial charge in [-0.3, -0.25) is 0 Å². The van der Waals surface area contributed by atoms with Crippen molar-refractivity contribution in [3.8, 4) is 0 Å². The average molecular weight is 338 g/mol. The summed E-state index contributed by atoms with van der Waals surface area (Å²) in [7, 11) is 0. The number of ether oxygens (including phenoxy) is 1. The number of urea groups is 1. The lowest BCUT2D eigenvalue weighted by molar-refractivity contribution is 0.0569. The van der Waals surface area contributed by atoms with Gasteiger partial charge >= 0.3 is 6.03 Å². The van der Waals surface area contributed by atoms with E-state index in [2.05, 4.69) is 22.5 Å². The highest BCUT2D eigenvalue weighted by atomic mass is 16.5. The van der Waals surface area contributed by atoms with Crippen LogP contribution >= 0.6 is 0 Å². The van der Waals surface area contributed by atoms with Gasteiger partial charge in [-0.25, -0.2) is 4.79 Å². The van der Waals surface area contributed by atoms with Crippen LogP contribution in [0.2, 0.25) is 0 Å². The summed E-state index contributed by atoms with van der Waals surface area (Å²) in [5.41, 5.74) is 0. The van der Waals surface area contributed by atoms with Crippen molar-refractivity contribution >= 4 is 6.03 Å². The Morgan fingerprint density at radius 2 is 1.67 bits per heavy atom. The maximum atomic E-state index is 12.3. The van der Waals surface area contributed by atoms with Crippen molar-refractivity contribution < 1.29 is 9.53 Å². The van der Waals surface area contributed by atoms with Gasteiger partial charge in [-0.2, -0.15) is 0 Å². The second kappa shape index (κ2) is 9.04. The molecule has 0 aromatic rings. The number of amides is 2. The first-order chi connectivity index (χ1) is 11.7. The van der Waals surface area contributed by atoms with E-state index in [0.29, 0.717) is 12.0 Å². The van der Waals surface area contributed by atoms with Gasteiger partial charge < -0.3 is 20.3 Å². The van der Waals surface area contributed by atoms with E-state index in [4.69, 9.17) is 4.74 Å². The van der Waals surface area contributed by atoms with Gasteiger partial charge in [0.05, 0.1) is 0 Å². The van der Waals surface area contributed by atoms with Crippen LogP contribution in [0.5, 0.6) is 0 Å². The molecular formula is C19H35N3O2. The molecule has 1 atom stereocenters. The molecule has 0 aromatic carbocycles. The Labute approximate surface area is 146 Å². The van der Waals surface area contributed by atoms with Crippen molar-refractivity contribution in [3.05, 3.63) is 0 Å². The third kappa shape index (κ3) is 5.09. The number of nitrogens with one attached hydrogen (secondary N) is 2. The molecule has 1 saturated carbocycles. The quantitative estimate of drug-likeness (QED) is 0.829. The van der Waals surface area contributed by atoms with E-state index in [-0.39, 0.29) is 12.1 Å². The Hall–Kier alpha value is -0.810. The standard InChI is InChI=1S/C19H35N3O2/c1-15(16-9-13-24-14-10-16)20-19(23)21-17-5-7-18(8-6-17)22-11-3-2-4-12-22/h15-18H,2-14H2,1H3,(H2,20,21,23)/t15-,17?,18?/m0/s1. The maximum absolute atomic E-state index is 12.3. The summed E-state index contributed by atoms with van der Waals surface area (Å²) in [6.07, 6.45) is 11.0. The molecule has 2 amide bonds. The fraction of sp³-hybridized carbons (Fsp3) is 0.947. The molecule has 0 spiro atoms. The molecular weight excluding hydrogens is 302 g/mol. The molecule has 5 nitrogen and oxygen atoms in total. The van der Waals surface area contributed by atoms with Crippen LogP contribution in [0, 0.1) is 5.92 Å². The van der Waals surface area contributed by atoms with Crippen LogP contribution in [0.4, 0.5) is 4.79 Å². The van der Waals surface area contributed by atoms with Gasteiger partial charge in [-0.1, -0.05) is 6.42 Å². The Morgan fingerprint density at radius 1 is 1.00 bits per heavy atom. The molecule has 2 heterocycles. The minimum absolute atomic E-state index is 0.0235. The van der Waals surface area contributed by atoms with Gasteiger partial charge in [0.2, 0.25) is 0 Å². The number of piperidine rings is 1. The van der Waals surface area contributed by atoms with Crippen LogP contribution in [0.15, 0.2) is 0 Å². The molecule has 1 aliphatic carbocycles. The molecule has 138 valence electrons. The smallest absolute Gasteiger partial charge is 0.315 e. The van der Waals surface area contributed by atoms with Crippen molar-refractivity contribution in [1.29, 1.82) is 0 Å². The zero-order chi connectivity index (χ0) is 16.8. The lowest BCUT2D eigenvalue weighted by Crippen LogP contribution is -2.50. The first-order valence-electron chi connectivity index (χ1n) is 10.1. The molecule has 0 bridgehead atoms. The summed E-state index contributed by atoms with van der Waals surface area (Å²) >= 11 is 0. The summed E-state index contributed by atoms with van der Waals surface area (Å²) in [4.78, 5) is 15.0. The third-order valence-electron chi connectivity index (χ3n) is 6.27. The molecule has 24 heavy (non-hydrogen) atoms. The zero-order valence-corrected chi connectivity index (χ0v) is 15.3. The van der Waals surface area contributed by atoms with E-state index in [1.54, 1.807) is 0 Å². The number of carbonyl (C=O) groups excluding carboxylic acids is 1. The van der Waals surface area contributed by atoms with Crippen molar-refractivity contribution in [2.24, 2.45) is 5.92 Å².